The summed E-state index contributed by atoms with van der Waals surface area (Å²) in [6.45, 7) is 5.63. The van der Waals surface area contributed by atoms with Gasteiger partial charge in [0.2, 0.25) is 0 Å². The van der Waals surface area contributed by atoms with E-state index in [4.69, 9.17) is 9.47 Å². The lowest BCUT2D eigenvalue weighted by Crippen LogP contribution is -2.36. The minimum atomic E-state index is -0.390. The first kappa shape index (κ1) is 20.4. The highest BCUT2D eigenvalue weighted by atomic mass is 16.6. The fourth-order valence-electron chi connectivity index (χ4n) is 3.34. The average Bonchev–Trinajstić information content (AvgIpc) is 2.74. The van der Waals surface area contributed by atoms with E-state index in [1.54, 1.807) is 6.07 Å². The molecule has 150 valence electrons. The van der Waals surface area contributed by atoms with Crippen LogP contribution in [-0.2, 0) is 4.74 Å². The molecule has 0 saturated carbocycles. The number of nitrogens with one attached hydrogen (secondary N) is 1. The van der Waals surface area contributed by atoms with Gasteiger partial charge < -0.3 is 14.8 Å². The summed E-state index contributed by atoms with van der Waals surface area (Å²) in [5, 5.41) is 2.84. The van der Waals surface area contributed by atoms with Crippen molar-refractivity contribution in [3.05, 3.63) is 54.6 Å². The quantitative estimate of drug-likeness (QED) is 0.656. The molecule has 0 radical (unpaired) electrons. The van der Waals surface area contributed by atoms with Gasteiger partial charge in [-0.15, -0.1) is 0 Å². The van der Waals surface area contributed by atoms with E-state index in [9.17, 15) is 4.79 Å². The fraction of sp³-hybridized carbons (Fsp3) is 0.435. The number of unbranched alkanes of at least 4 members (excludes halogenated alkanes) is 3. The van der Waals surface area contributed by atoms with Gasteiger partial charge in [0.1, 0.15) is 5.75 Å². The summed E-state index contributed by atoms with van der Waals surface area (Å²) in [5.74, 6) is 0.560. The van der Waals surface area contributed by atoms with E-state index in [2.05, 4.69) is 10.2 Å². The van der Waals surface area contributed by atoms with Crippen molar-refractivity contribution in [2.75, 3.05) is 39.4 Å². The van der Waals surface area contributed by atoms with Crippen molar-refractivity contribution >= 4 is 6.09 Å². The Morgan fingerprint density at radius 3 is 2.50 bits per heavy atom. The number of carbonyl (C=O) groups is 1. The summed E-state index contributed by atoms with van der Waals surface area (Å²) in [6, 6.07) is 17.7. The lowest BCUT2D eigenvalue weighted by Gasteiger charge is -2.26. The molecule has 1 aliphatic rings. The van der Waals surface area contributed by atoms with Crippen LogP contribution in [0.15, 0.2) is 54.6 Å². The van der Waals surface area contributed by atoms with Crippen LogP contribution in [0.1, 0.15) is 25.7 Å². The Kier molecular flexibility index (Phi) is 8.34. The summed E-state index contributed by atoms with van der Waals surface area (Å²) in [7, 11) is 0. The van der Waals surface area contributed by atoms with Crippen LogP contribution < -0.4 is 10.1 Å². The third kappa shape index (κ3) is 6.98. The van der Waals surface area contributed by atoms with Gasteiger partial charge in [-0.05, 0) is 42.6 Å². The summed E-state index contributed by atoms with van der Waals surface area (Å²) in [5.41, 5.74) is 2.14. The van der Waals surface area contributed by atoms with Crippen LogP contribution in [0.3, 0.4) is 0 Å². The van der Waals surface area contributed by atoms with E-state index in [0.29, 0.717) is 12.3 Å². The third-order valence-electron chi connectivity index (χ3n) is 4.93. The minimum Gasteiger partial charge on any atom is -0.410 e. The Hall–Kier alpha value is -2.37. The lowest BCUT2D eigenvalue weighted by atomic mass is 10.1. The summed E-state index contributed by atoms with van der Waals surface area (Å²) in [4.78, 5) is 14.5. The van der Waals surface area contributed by atoms with Crippen LogP contribution in [0.25, 0.3) is 11.1 Å². The summed E-state index contributed by atoms with van der Waals surface area (Å²) < 4.78 is 10.8. The first-order valence-corrected chi connectivity index (χ1v) is 10.2. The normalized spacial score (nSPS) is 14.6. The van der Waals surface area contributed by atoms with Gasteiger partial charge in [0.25, 0.3) is 0 Å². The Bertz CT molecular complexity index is 715. The van der Waals surface area contributed by atoms with E-state index in [0.717, 1.165) is 56.8 Å². The third-order valence-corrected chi connectivity index (χ3v) is 4.93. The molecule has 0 aliphatic carbocycles. The maximum Gasteiger partial charge on any atom is 0.412 e. The second-order valence-corrected chi connectivity index (χ2v) is 7.08. The number of nitrogens with zero attached hydrogens (tertiary/aromatic N) is 1. The molecule has 0 aromatic heterocycles. The van der Waals surface area contributed by atoms with E-state index in [-0.39, 0.29) is 0 Å². The van der Waals surface area contributed by atoms with Crippen molar-refractivity contribution in [3.8, 4) is 16.9 Å². The topological polar surface area (TPSA) is 50.8 Å². The highest BCUT2D eigenvalue weighted by molar-refractivity contribution is 5.72. The first-order chi connectivity index (χ1) is 13.8. The Morgan fingerprint density at radius 1 is 0.929 bits per heavy atom. The molecule has 3 rings (SSSR count). The van der Waals surface area contributed by atoms with E-state index in [1.807, 2.05) is 48.5 Å². The molecule has 2 aromatic carbocycles. The predicted octanol–water partition coefficient (Wildman–Crippen LogP) is 4.33. The molecule has 1 aliphatic heterocycles. The number of ether oxygens (including phenoxy) is 2. The van der Waals surface area contributed by atoms with Crippen molar-refractivity contribution in [3.63, 3.8) is 0 Å². The minimum absolute atomic E-state index is 0.390. The van der Waals surface area contributed by atoms with Crippen molar-refractivity contribution in [2.24, 2.45) is 0 Å². The van der Waals surface area contributed by atoms with Crippen LogP contribution in [0, 0.1) is 0 Å². The molecule has 0 unspecified atom stereocenters. The smallest absolute Gasteiger partial charge is 0.410 e. The highest BCUT2D eigenvalue weighted by Gasteiger charge is 2.09. The molecule has 1 amide bonds. The van der Waals surface area contributed by atoms with Gasteiger partial charge in [-0.25, -0.2) is 4.79 Å². The highest BCUT2D eigenvalue weighted by Crippen LogP contribution is 2.23. The molecule has 2 aromatic rings. The Labute approximate surface area is 167 Å². The van der Waals surface area contributed by atoms with Crippen LogP contribution in [0.2, 0.25) is 0 Å². The molecule has 1 fully saturated rings. The molecule has 28 heavy (non-hydrogen) atoms. The van der Waals surface area contributed by atoms with Gasteiger partial charge in [0.05, 0.1) is 13.2 Å². The number of hydrogen-bond acceptors (Lipinski definition) is 4. The van der Waals surface area contributed by atoms with Crippen molar-refractivity contribution in [1.29, 1.82) is 0 Å². The average molecular weight is 383 g/mol. The molecule has 5 nitrogen and oxygen atoms in total. The molecule has 0 bridgehead atoms. The van der Waals surface area contributed by atoms with Crippen LogP contribution in [0.4, 0.5) is 4.79 Å². The number of rotatable bonds is 9. The number of carbonyl (C=O) groups excluding carboxylic acids is 1. The largest absolute Gasteiger partial charge is 0.412 e. The number of morpholine rings is 1. The first-order valence-electron chi connectivity index (χ1n) is 10.2. The number of benzene rings is 2. The summed E-state index contributed by atoms with van der Waals surface area (Å²) in [6.07, 6.45) is 4.10. The molecule has 1 heterocycles. The van der Waals surface area contributed by atoms with Crippen molar-refractivity contribution in [1.82, 2.24) is 10.2 Å². The molecular formula is C23H30N2O3. The van der Waals surface area contributed by atoms with Gasteiger partial charge in [-0.2, -0.15) is 0 Å². The zero-order valence-corrected chi connectivity index (χ0v) is 16.4. The predicted molar refractivity (Wildman–Crippen MR) is 112 cm³/mol. The fourth-order valence-corrected chi connectivity index (χ4v) is 3.34. The number of hydrogen-bond donors (Lipinski definition) is 1. The van der Waals surface area contributed by atoms with Crippen molar-refractivity contribution < 1.29 is 14.3 Å². The standard InChI is InChI=1S/C23H30N2O3/c26-23(24-13-6-1-2-7-14-25-15-17-27-18-16-25)28-22-12-8-11-21(19-22)20-9-4-3-5-10-20/h3-5,8-12,19H,1-2,6-7,13-18H2,(H,24,26). The van der Waals surface area contributed by atoms with Gasteiger partial charge >= 0.3 is 6.09 Å². The zero-order chi connectivity index (χ0) is 19.4. The van der Waals surface area contributed by atoms with Crippen LogP contribution >= 0.6 is 0 Å². The van der Waals surface area contributed by atoms with Gasteiger partial charge in [-0.1, -0.05) is 55.3 Å². The van der Waals surface area contributed by atoms with Crippen molar-refractivity contribution in [2.45, 2.75) is 25.7 Å². The second-order valence-electron chi connectivity index (χ2n) is 7.08. The molecule has 0 spiro atoms. The maximum atomic E-state index is 12.0. The number of amides is 1. The second kappa shape index (κ2) is 11.5. The SMILES string of the molecule is O=C(NCCCCCCN1CCOCC1)Oc1cccc(-c2ccccc2)c1. The molecule has 1 saturated heterocycles. The van der Waals surface area contributed by atoms with Crippen LogP contribution in [-0.4, -0.2) is 50.4 Å². The van der Waals surface area contributed by atoms with Gasteiger partial charge in [0, 0.05) is 19.6 Å². The van der Waals surface area contributed by atoms with Crippen LogP contribution in [0.5, 0.6) is 5.75 Å². The Morgan fingerprint density at radius 2 is 1.68 bits per heavy atom. The zero-order valence-electron chi connectivity index (χ0n) is 16.4. The lowest BCUT2D eigenvalue weighted by molar-refractivity contribution is 0.0371. The molecule has 5 heteroatoms. The van der Waals surface area contributed by atoms with Gasteiger partial charge in [0.15, 0.2) is 0 Å². The molecular weight excluding hydrogens is 352 g/mol. The summed E-state index contributed by atoms with van der Waals surface area (Å²) >= 11 is 0. The van der Waals surface area contributed by atoms with E-state index in [1.165, 1.54) is 12.8 Å². The Balaban J connectivity index is 1.29. The van der Waals surface area contributed by atoms with Gasteiger partial charge in [-0.3, -0.25) is 4.90 Å². The van der Waals surface area contributed by atoms with E-state index >= 15 is 0 Å². The molecule has 1 N–H and O–H groups in total. The van der Waals surface area contributed by atoms with E-state index < -0.39 is 6.09 Å². The maximum absolute atomic E-state index is 12.0. The monoisotopic (exact) mass is 382 g/mol. The molecule has 0 atom stereocenters.